The summed E-state index contributed by atoms with van der Waals surface area (Å²) < 4.78 is 24.7. The van der Waals surface area contributed by atoms with Crippen LogP contribution in [0, 0.1) is 0 Å². The summed E-state index contributed by atoms with van der Waals surface area (Å²) >= 11 is 0.564. The summed E-state index contributed by atoms with van der Waals surface area (Å²) in [7, 11) is 0. The molecule has 25 nitrogen and oxygen atoms in total. The topological polar surface area (TPSA) is 458 Å². The number of benzene rings is 6. The lowest BCUT2D eigenvalue weighted by Crippen LogP contribution is -2.41. The van der Waals surface area contributed by atoms with Crippen molar-refractivity contribution in [3.63, 3.8) is 0 Å². The molecule has 6 aromatic carbocycles. The Morgan fingerprint density at radius 2 is 0.890 bits per heavy atom. The molecule has 0 fully saturated rings. The van der Waals surface area contributed by atoms with Gasteiger partial charge in [0.05, 0.1) is 27.9 Å². The number of fused-ring (bicyclic) bond motifs is 2. The SMILES string of the molecule is N[C@@H](CS[C@H]1c2c(O)cc(O)c([C@H]3c4c(O)cc(O)cc4O[C@H](c4cc(O)c(O)c(O)c4)[C@@H]3OC(=O)c3cc(O)c(O)c(O)c3)c2O[C@H](c2cc(O)c(O)c(O)c2)[C@@H]1OC(=O)c1cc(O)c(O)c(O)c1)C(=O)O. The molecule has 6 aromatic rings. The molecule has 0 amide bonds. The van der Waals surface area contributed by atoms with Crippen molar-refractivity contribution in [1.29, 1.82) is 0 Å². The Morgan fingerprint density at radius 1 is 0.493 bits per heavy atom. The minimum Gasteiger partial charge on any atom is -0.508 e. The number of nitrogens with two attached hydrogens (primary N) is 1. The average Bonchev–Trinajstić information content (AvgIpc) is 3.32. The van der Waals surface area contributed by atoms with Crippen molar-refractivity contribution in [2.45, 2.75) is 41.6 Å². The predicted molar refractivity (Wildman–Crippen MR) is 243 cm³/mol. The van der Waals surface area contributed by atoms with Gasteiger partial charge in [-0.25, -0.2) is 9.59 Å². The Bertz CT molecular complexity index is 3180. The molecular weight excluding hydrogens is 995 g/mol. The summed E-state index contributed by atoms with van der Waals surface area (Å²) in [6, 6.07) is 6.63. The number of aliphatic carboxylic acids is 1. The van der Waals surface area contributed by atoms with Gasteiger partial charge in [-0.2, -0.15) is 0 Å². The van der Waals surface area contributed by atoms with E-state index in [2.05, 4.69) is 0 Å². The van der Waals surface area contributed by atoms with Gasteiger partial charge in [-0.1, -0.05) is 0 Å². The van der Waals surface area contributed by atoms with Crippen LogP contribution in [0.2, 0.25) is 0 Å². The number of thioether (sulfide) groups is 1. The largest absolute Gasteiger partial charge is 0.508 e. The van der Waals surface area contributed by atoms with Gasteiger partial charge in [0, 0.05) is 46.2 Å². The number of esters is 2. The second kappa shape index (κ2) is 18.6. The first-order valence-electron chi connectivity index (χ1n) is 20.9. The van der Waals surface area contributed by atoms with Crippen LogP contribution in [0.4, 0.5) is 0 Å². The van der Waals surface area contributed by atoms with Crippen LogP contribution >= 0.6 is 11.8 Å². The Kier molecular flexibility index (Phi) is 12.7. The van der Waals surface area contributed by atoms with Gasteiger partial charge in [-0.15, -0.1) is 11.8 Å². The predicted octanol–water partition coefficient (Wildman–Crippen LogP) is 4.01. The molecule has 0 radical (unpaired) electrons. The lowest BCUT2D eigenvalue weighted by atomic mass is 9.77. The van der Waals surface area contributed by atoms with Crippen molar-refractivity contribution in [2.75, 3.05) is 5.75 Å². The van der Waals surface area contributed by atoms with Gasteiger partial charge in [-0.05, 0) is 48.5 Å². The molecule has 19 N–H and O–H groups in total. The molecule has 2 aliphatic heterocycles. The monoisotopic (exact) mass is 1030 g/mol. The zero-order valence-corrected chi connectivity index (χ0v) is 37.4. The minimum atomic E-state index is -2.13. The van der Waals surface area contributed by atoms with E-state index in [1.165, 1.54) is 0 Å². The molecule has 382 valence electrons. The van der Waals surface area contributed by atoms with E-state index in [0.717, 1.165) is 36.4 Å². The molecule has 2 heterocycles. The van der Waals surface area contributed by atoms with E-state index in [-0.39, 0.29) is 5.56 Å². The molecule has 0 aliphatic carbocycles. The summed E-state index contributed by atoms with van der Waals surface area (Å²) in [6.07, 6.45) is -7.98. The summed E-state index contributed by atoms with van der Waals surface area (Å²) in [6.45, 7) is 0. The molecule has 8 rings (SSSR count). The van der Waals surface area contributed by atoms with Gasteiger partial charge in [0.25, 0.3) is 0 Å². The highest BCUT2D eigenvalue weighted by Gasteiger charge is 2.52. The van der Waals surface area contributed by atoms with E-state index in [9.17, 15) is 101 Å². The van der Waals surface area contributed by atoms with Crippen LogP contribution in [0.15, 0.2) is 66.7 Å². The first kappa shape index (κ1) is 49.8. The summed E-state index contributed by atoms with van der Waals surface area (Å²) in [4.78, 5) is 40.5. The molecule has 0 saturated heterocycles. The van der Waals surface area contributed by atoms with E-state index >= 15 is 0 Å². The third kappa shape index (κ3) is 8.97. The van der Waals surface area contributed by atoms with E-state index in [1.807, 2.05) is 0 Å². The Morgan fingerprint density at radius 3 is 1.34 bits per heavy atom. The Hall–Kier alpha value is -9.56. The molecular formula is C47H39NO24S. The molecule has 0 bridgehead atoms. The van der Waals surface area contributed by atoms with E-state index in [0.29, 0.717) is 42.1 Å². The van der Waals surface area contributed by atoms with Crippen molar-refractivity contribution in [1.82, 2.24) is 0 Å². The lowest BCUT2D eigenvalue weighted by molar-refractivity contribution is -0.137. The van der Waals surface area contributed by atoms with Gasteiger partial charge < -0.3 is 111 Å². The number of rotatable bonds is 11. The maximum absolute atomic E-state index is 14.3. The number of carbonyl (C=O) groups excluding carboxylic acids is 2. The van der Waals surface area contributed by atoms with Gasteiger partial charge in [0.15, 0.2) is 93.4 Å². The number of phenols is 16. The minimum absolute atomic E-state index is 0.351. The summed E-state index contributed by atoms with van der Waals surface area (Å²) in [5, 5.41) is 180. The van der Waals surface area contributed by atoms with Crippen LogP contribution in [0.1, 0.15) is 71.9 Å². The number of hydrogen-bond donors (Lipinski definition) is 18. The molecule has 2 aliphatic rings. The van der Waals surface area contributed by atoms with Crippen LogP contribution in [0.5, 0.6) is 103 Å². The highest BCUT2D eigenvalue weighted by molar-refractivity contribution is 7.99. The van der Waals surface area contributed by atoms with E-state index in [4.69, 9.17) is 24.7 Å². The first-order valence-corrected chi connectivity index (χ1v) is 21.9. The highest BCUT2D eigenvalue weighted by Crippen LogP contribution is 2.62. The molecule has 0 unspecified atom stereocenters. The number of ether oxygens (including phenoxy) is 4. The third-order valence-electron chi connectivity index (χ3n) is 11.8. The molecule has 0 saturated carbocycles. The second-order valence-electron chi connectivity index (χ2n) is 16.5. The summed E-state index contributed by atoms with van der Waals surface area (Å²) in [5.41, 5.74) is 2.27. The van der Waals surface area contributed by atoms with Gasteiger partial charge >= 0.3 is 17.9 Å². The third-order valence-corrected chi connectivity index (χ3v) is 13.2. The van der Waals surface area contributed by atoms with Crippen molar-refractivity contribution in [3.8, 4) is 103 Å². The lowest BCUT2D eigenvalue weighted by Gasteiger charge is -2.43. The molecule has 73 heavy (non-hydrogen) atoms. The number of hydrogen-bond acceptors (Lipinski definition) is 25. The maximum Gasteiger partial charge on any atom is 0.338 e. The normalized spacial score (nSPS) is 19.3. The van der Waals surface area contributed by atoms with Crippen LogP contribution in [-0.2, 0) is 14.3 Å². The smallest absolute Gasteiger partial charge is 0.338 e. The van der Waals surface area contributed by atoms with Crippen LogP contribution in [-0.4, -0.2) is 129 Å². The summed E-state index contributed by atoms with van der Waals surface area (Å²) in [5.74, 6) is -23.9. The number of carbonyl (C=O) groups is 3. The van der Waals surface area contributed by atoms with E-state index < -0.39 is 202 Å². The Balaban J connectivity index is 1.44. The quantitative estimate of drug-likeness (QED) is 0.0643. The standard InChI is InChI=1S/C47H39NO24S/c48-18(45(65)66)12-73-44-33-21(52)11-20(51)32(41(33)70-40(14-3-24(55)36(62)25(56)4-14)43(44)72-47(68)16-7-28(59)38(64)29(60)8-16)34-31-19(50)9-17(49)10-30(31)69-39(13-1-22(53)35(61)23(54)2-13)42(34)71-46(67)15-5-26(57)37(63)27(58)6-15/h1-11,18,34,39-40,42-44,49-64H,12,48H2,(H,65,66)/t18-,34+,39+,40+,42+,43-,44-/m0/s1. The fourth-order valence-corrected chi connectivity index (χ4v) is 9.71. The number of phenolic OH excluding ortho intramolecular Hbond substituents is 16. The zero-order valence-electron chi connectivity index (χ0n) is 36.5. The maximum atomic E-state index is 14.3. The number of aromatic hydroxyl groups is 16. The van der Waals surface area contributed by atoms with Crippen molar-refractivity contribution in [3.05, 3.63) is 106 Å². The highest BCUT2D eigenvalue weighted by atomic mass is 32.2. The van der Waals surface area contributed by atoms with Crippen molar-refractivity contribution in [2.24, 2.45) is 5.73 Å². The molecule has 26 heteroatoms. The second-order valence-corrected chi connectivity index (χ2v) is 17.7. The fourth-order valence-electron chi connectivity index (χ4n) is 8.37. The van der Waals surface area contributed by atoms with Crippen molar-refractivity contribution >= 4 is 29.7 Å². The molecule has 0 spiro atoms. The van der Waals surface area contributed by atoms with Gasteiger partial charge in [-0.3, -0.25) is 4.79 Å². The number of carboxylic acids is 1. The van der Waals surface area contributed by atoms with Crippen LogP contribution < -0.4 is 15.2 Å². The van der Waals surface area contributed by atoms with Gasteiger partial charge in [0.2, 0.25) is 0 Å². The average molecular weight is 1030 g/mol. The van der Waals surface area contributed by atoms with Crippen LogP contribution in [0.25, 0.3) is 0 Å². The first-order chi connectivity index (χ1) is 34.4. The van der Waals surface area contributed by atoms with Crippen LogP contribution in [0.3, 0.4) is 0 Å². The van der Waals surface area contributed by atoms with Gasteiger partial charge in [0.1, 0.15) is 40.5 Å². The molecule has 7 atom stereocenters. The van der Waals surface area contributed by atoms with Crippen molar-refractivity contribution < 1.29 is 120 Å². The molecule has 0 aromatic heterocycles. The number of carboxylic acid groups (broad SMARTS) is 1. The zero-order chi connectivity index (χ0) is 53.2. The Labute approximate surface area is 411 Å². The van der Waals surface area contributed by atoms with E-state index in [1.54, 1.807) is 0 Å². The fraction of sp³-hybridized carbons (Fsp3) is 0.170.